The van der Waals surface area contributed by atoms with Crippen molar-refractivity contribution in [2.75, 3.05) is 6.61 Å². The predicted molar refractivity (Wildman–Crippen MR) is 67.0 cm³/mol. The zero-order valence-corrected chi connectivity index (χ0v) is 10.5. The number of hydrogen-bond donors (Lipinski definition) is 1. The minimum atomic E-state index is -0.275. The first kappa shape index (κ1) is 13.7. The SMILES string of the molecule is CCOC(=O)c1ccc(CCCC(C)O)cc1. The normalized spacial score (nSPS) is 12.2. The Kier molecular flexibility index (Phi) is 5.70. The number of aryl methyl sites for hydroxylation is 1. The Labute approximate surface area is 102 Å². The molecular formula is C14H20O3. The molecule has 0 fully saturated rings. The first-order valence-electron chi connectivity index (χ1n) is 6.07. The van der Waals surface area contributed by atoms with Gasteiger partial charge in [0.05, 0.1) is 18.3 Å². The molecule has 0 saturated carbocycles. The Morgan fingerprint density at radius 2 is 2.00 bits per heavy atom. The lowest BCUT2D eigenvalue weighted by Crippen LogP contribution is -2.04. The van der Waals surface area contributed by atoms with Gasteiger partial charge in [-0.3, -0.25) is 0 Å². The van der Waals surface area contributed by atoms with Crippen LogP contribution >= 0.6 is 0 Å². The van der Waals surface area contributed by atoms with Gasteiger partial charge in [-0.25, -0.2) is 4.79 Å². The third-order valence-corrected chi connectivity index (χ3v) is 2.55. The van der Waals surface area contributed by atoms with Gasteiger partial charge < -0.3 is 9.84 Å². The van der Waals surface area contributed by atoms with E-state index in [1.807, 2.05) is 12.1 Å². The average molecular weight is 236 g/mol. The van der Waals surface area contributed by atoms with Gasteiger partial charge >= 0.3 is 5.97 Å². The highest BCUT2D eigenvalue weighted by Crippen LogP contribution is 2.10. The predicted octanol–water partition coefficient (Wildman–Crippen LogP) is 2.57. The number of esters is 1. The smallest absolute Gasteiger partial charge is 0.338 e. The maximum absolute atomic E-state index is 11.4. The third-order valence-electron chi connectivity index (χ3n) is 2.55. The van der Waals surface area contributed by atoms with Crippen LogP contribution in [0.15, 0.2) is 24.3 Å². The van der Waals surface area contributed by atoms with Crippen molar-refractivity contribution >= 4 is 5.97 Å². The quantitative estimate of drug-likeness (QED) is 0.772. The van der Waals surface area contributed by atoms with Crippen molar-refractivity contribution in [2.24, 2.45) is 0 Å². The number of ether oxygens (including phenoxy) is 1. The number of aliphatic hydroxyl groups excluding tert-OH is 1. The first-order valence-corrected chi connectivity index (χ1v) is 6.07. The van der Waals surface area contributed by atoms with Crippen LogP contribution < -0.4 is 0 Å². The fraction of sp³-hybridized carbons (Fsp3) is 0.500. The molecule has 3 heteroatoms. The van der Waals surface area contributed by atoms with E-state index in [2.05, 4.69) is 0 Å². The summed E-state index contributed by atoms with van der Waals surface area (Å²) in [4.78, 5) is 11.4. The van der Waals surface area contributed by atoms with Crippen LogP contribution in [0.25, 0.3) is 0 Å². The van der Waals surface area contributed by atoms with E-state index in [4.69, 9.17) is 9.84 Å². The van der Waals surface area contributed by atoms with Gasteiger partial charge in [-0.15, -0.1) is 0 Å². The van der Waals surface area contributed by atoms with Crippen molar-refractivity contribution in [3.05, 3.63) is 35.4 Å². The molecule has 0 amide bonds. The Bertz CT molecular complexity index is 341. The van der Waals surface area contributed by atoms with Crippen molar-refractivity contribution < 1.29 is 14.6 Å². The molecule has 0 aliphatic carbocycles. The van der Waals surface area contributed by atoms with Gasteiger partial charge in [0.15, 0.2) is 0 Å². The Hall–Kier alpha value is -1.35. The summed E-state index contributed by atoms with van der Waals surface area (Å²) in [7, 11) is 0. The summed E-state index contributed by atoms with van der Waals surface area (Å²) in [6.45, 7) is 3.99. The average Bonchev–Trinajstić information content (AvgIpc) is 2.30. The fourth-order valence-electron chi connectivity index (χ4n) is 1.62. The molecule has 0 bridgehead atoms. The maximum atomic E-state index is 11.4. The molecule has 1 aromatic rings. The van der Waals surface area contributed by atoms with Crippen LogP contribution in [0.2, 0.25) is 0 Å². The maximum Gasteiger partial charge on any atom is 0.338 e. The molecule has 94 valence electrons. The Balaban J connectivity index is 2.47. The lowest BCUT2D eigenvalue weighted by atomic mass is 10.0. The van der Waals surface area contributed by atoms with E-state index < -0.39 is 0 Å². The Morgan fingerprint density at radius 3 is 2.53 bits per heavy atom. The molecule has 0 heterocycles. The molecular weight excluding hydrogens is 216 g/mol. The summed E-state index contributed by atoms with van der Waals surface area (Å²) in [6.07, 6.45) is 2.44. The molecule has 17 heavy (non-hydrogen) atoms. The molecule has 0 aliphatic rings. The van der Waals surface area contributed by atoms with E-state index in [1.165, 1.54) is 5.56 Å². The lowest BCUT2D eigenvalue weighted by Gasteiger charge is -2.05. The highest BCUT2D eigenvalue weighted by Gasteiger charge is 2.05. The number of carbonyl (C=O) groups excluding carboxylic acids is 1. The summed E-state index contributed by atoms with van der Waals surface area (Å²) < 4.78 is 4.91. The number of benzene rings is 1. The number of hydrogen-bond acceptors (Lipinski definition) is 3. The van der Waals surface area contributed by atoms with Crippen LogP contribution in [0.1, 0.15) is 42.6 Å². The molecule has 1 rings (SSSR count). The number of carbonyl (C=O) groups is 1. The van der Waals surface area contributed by atoms with Crippen molar-refractivity contribution in [1.29, 1.82) is 0 Å². The summed E-state index contributed by atoms with van der Waals surface area (Å²) in [5.74, 6) is -0.275. The van der Waals surface area contributed by atoms with Gasteiger partial charge in [0, 0.05) is 0 Å². The van der Waals surface area contributed by atoms with Gasteiger partial charge in [0.25, 0.3) is 0 Å². The first-order chi connectivity index (χ1) is 8.13. The summed E-state index contributed by atoms with van der Waals surface area (Å²) in [5, 5.41) is 9.15. The molecule has 1 N–H and O–H groups in total. The monoisotopic (exact) mass is 236 g/mol. The number of aliphatic hydroxyl groups is 1. The van der Waals surface area contributed by atoms with Crippen LogP contribution in [0.3, 0.4) is 0 Å². The second kappa shape index (κ2) is 7.07. The van der Waals surface area contributed by atoms with E-state index in [9.17, 15) is 4.79 Å². The van der Waals surface area contributed by atoms with E-state index in [0.717, 1.165) is 19.3 Å². The van der Waals surface area contributed by atoms with Crippen LogP contribution in [0.4, 0.5) is 0 Å². The summed E-state index contributed by atoms with van der Waals surface area (Å²) >= 11 is 0. The van der Waals surface area contributed by atoms with E-state index >= 15 is 0 Å². The van der Waals surface area contributed by atoms with Gasteiger partial charge in [0.1, 0.15) is 0 Å². The van der Waals surface area contributed by atoms with Crippen LogP contribution in [0.5, 0.6) is 0 Å². The Morgan fingerprint density at radius 1 is 1.35 bits per heavy atom. The molecule has 1 unspecified atom stereocenters. The van der Waals surface area contributed by atoms with E-state index in [1.54, 1.807) is 26.0 Å². The zero-order valence-electron chi connectivity index (χ0n) is 10.5. The highest BCUT2D eigenvalue weighted by molar-refractivity contribution is 5.89. The molecule has 0 aromatic heterocycles. The molecule has 1 atom stereocenters. The molecule has 0 radical (unpaired) electrons. The van der Waals surface area contributed by atoms with Gasteiger partial charge in [0.2, 0.25) is 0 Å². The summed E-state index contributed by atoms with van der Waals surface area (Å²) in [5.41, 5.74) is 1.77. The van der Waals surface area contributed by atoms with Crippen LogP contribution in [-0.4, -0.2) is 23.8 Å². The molecule has 1 aromatic carbocycles. The number of rotatable bonds is 6. The van der Waals surface area contributed by atoms with Gasteiger partial charge in [-0.05, 0) is 50.8 Å². The highest BCUT2D eigenvalue weighted by atomic mass is 16.5. The third kappa shape index (κ3) is 5.00. The standard InChI is InChI=1S/C14H20O3/c1-3-17-14(16)13-9-7-12(8-10-13)6-4-5-11(2)15/h7-11,15H,3-6H2,1-2H3. The summed E-state index contributed by atoms with van der Waals surface area (Å²) in [6, 6.07) is 7.45. The second-order valence-corrected chi connectivity index (χ2v) is 4.16. The van der Waals surface area contributed by atoms with E-state index in [-0.39, 0.29) is 12.1 Å². The molecule has 0 aliphatic heterocycles. The fourth-order valence-corrected chi connectivity index (χ4v) is 1.62. The van der Waals surface area contributed by atoms with Crippen LogP contribution in [-0.2, 0) is 11.2 Å². The van der Waals surface area contributed by atoms with Crippen LogP contribution in [0, 0.1) is 0 Å². The van der Waals surface area contributed by atoms with Gasteiger partial charge in [-0.1, -0.05) is 12.1 Å². The molecule has 0 spiro atoms. The van der Waals surface area contributed by atoms with Crippen molar-refractivity contribution in [3.8, 4) is 0 Å². The second-order valence-electron chi connectivity index (χ2n) is 4.16. The molecule has 3 nitrogen and oxygen atoms in total. The van der Waals surface area contributed by atoms with Gasteiger partial charge in [-0.2, -0.15) is 0 Å². The zero-order chi connectivity index (χ0) is 12.7. The topological polar surface area (TPSA) is 46.5 Å². The van der Waals surface area contributed by atoms with E-state index in [0.29, 0.717) is 12.2 Å². The molecule has 0 saturated heterocycles. The van der Waals surface area contributed by atoms with Crippen molar-refractivity contribution in [3.63, 3.8) is 0 Å². The lowest BCUT2D eigenvalue weighted by molar-refractivity contribution is 0.0526. The minimum Gasteiger partial charge on any atom is -0.462 e. The minimum absolute atomic E-state index is 0.242. The van der Waals surface area contributed by atoms with Crippen molar-refractivity contribution in [2.45, 2.75) is 39.2 Å². The van der Waals surface area contributed by atoms with Crippen molar-refractivity contribution in [1.82, 2.24) is 0 Å². The largest absolute Gasteiger partial charge is 0.462 e.